The van der Waals surface area contributed by atoms with Crippen molar-refractivity contribution in [3.05, 3.63) is 22.4 Å². The molecule has 4 heteroatoms. The molecule has 3 nitrogen and oxygen atoms in total. The minimum Gasteiger partial charge on any atom is -0.321 e. The Kier molecular flexibility index (Phi) is 3.39. The highest BCUT2D eigenvalue weighted by Gasteiger charge is 2.46. The molecule has 1 amide bonds. The topological polar surface area (TPSA) is 32.3 Å². The average molecular weight is 278 g/mol. The van der Waals surface area contributed by atoms with Crippen molar-refractivity contribution in [1.82, 2.24) is 10.2 Å². The van der Waals surface area contributed by atoms with Gasteiger partial charge in [-0.3, -0.25) is 10.1 Å². The van der Waals surface area contributed by atoms with Crippen LogP contribution in [0.2, 0.25) is 0 Å². The number of amides is 1. The highest BCUT2D eigenvalue weighted by atomic mass is 32.1. The van der Waals surface area contributed by atoms with E-state index in [1.807, 2.05) is 0 Å². The fraction of sp³-hybridized carbons (Fsp3) is 0.667. The van der Waals surface area contributed by atoms with Crippen LogP contribution in [0.3, 0.4) is 0 Å². The second-order valence-corrected chi connectivity index (χ2v) is 7.02. The lowest BCUT2D eigenvalue weighted by atomic mass is 10.1. The van der Waals surface area contributed by atoms with Crippen molar-refractivity contribution in [2.24, 2.45) is 5.41 Å². The molecular formula is C15H22N2OS. The van der Waals surface area contributed by atoms with Crippen molar-refractivity contribution in [3.63, 3.8) is 0 Å². The second kappa shape index (κ2) is 4.91. The molecule has 0 aromatic carbocycles. The van der Waals surface area contributed by atoms with Crippen LogP contribution in [-0.4, -0.2) is 23.4 Å². The lowest BCUT2D eigenvalue weighted by Gasteiger charge is -2.26. The zero-order chi connectivity index (χ0) is 13.5. The first-order chi connectivity index (χ1) is 9.13. The van der Waals surface area contributed by atoms with Crippen molar-refractivity contribution in [1.29, 1.82) is 0 Å². The van der Waals surface area contributed by atoms with Gasteiger partial charge in [0.1, 0.15) is 6.17 Å². The van der Waals surface area contributed by atoms with Crippen LogP contribution in [0.1, 0.15) is 51.3 Å². The van der Waals surface area contributed by atoms with E-state index < -0.39 is 0 Å². The molecule has 1 saturated heterocycles. The van der Waals surface area contributed by atoms with Crippen LogP contribution in [0.4, 0.5) is 0 Å². The van der Waals surface area contributed by atoms with Crippen molar-refractivity contribution in [2.75, 3.05) is 6.54 Å². The normalized spacial score (nSPS) is 28.9. The van der Waals surface area contributed by atoms with E-state index in [1.54, 1.807) is 11.3 Å². The summed E-state index contributed by atoms with van der Waals surface area (Å²) in [5, 5.41) is 7.77. The van der Waals surface area contributed by atoms with Gasteiger partial charge in [0.2, 0.25) is 5.91 Å². The molecule has 2 heterocycles. The molecule has 2 unspecified atom stereocenters. The van der Waals surface area contributed by atoms with E-state index in [2.05, 4.69) is 40.9 Å². The number of hydrogen-bond donors (Lipinski definition) is 1. The second-order valence-electron chi connectivity index (χ2n) is 6.24. The molecule has 1 aromatic heterocycles. The lowest BCUT2D eigenvalue weighted by Crippen LogP contribution is -2.35. The third-order valence-electron chi connectivity index (χ3n) is 4.34. The number of nitrogens with zero attached hydrogens (tertiary/aromatic N) is 1. The van der Waals surface area contributed by atoms with Gasteiger partial charge in [-0.15, -0.1) is 0 Å². The van der Waals surface area contributed by atoms with Gasteiger partial charge in [0, 0.05) is 6.54 Å². The Morgan fingerprint density at radius 2 is 2.32 bits per heavy atom. The molecule has 19 heavy (non-hydrogen) atoms. The van der Waals surface area contributed by atoms with Gasteiger partial charge in [0.05, 0.1) is 6.04 Å². The van der Waals surface area contributed by atoms with Crippen molar-refractivity contribution in [2.45, 2.75) is 51.7 Å². The van der Waals surface area contributed by atoms with Gasteiger partial charge in [-0.05, 0) is 47.1 Å². The van der Waals surface area contributed by atoms with E-state index >= 15 is 0 Å². The standard InChI is InChI=1S/C15H22N2OS/c1-3-4-12-14(18)17(10-15(2)6-7-15)13(16-12)11-5-8-19-9-11/h5,8-9,12-13,16H,3-4,6-7,10H2,1-2H3. The summed E-state index contributed by atoms with van der Waals surface area (Å²) in [6.45, 7) is 5.33. The van der Waals surface area contributed by atoms with Gasteiger partial charge in [0.15, 0.2) is 0 Å². The summed E-state index contributed by atoms with van der Waals surface area (Å²) < 4.78 is 0. The van der Waals surface area contributed by atoms with Crippen LogP contribution in [-0.2, 0) is 4.79 Å². The molecule has 2 fully saturated rings. The molecule has 1 N–H and O–H groups in total. The number of thiophene rings is 1. The van der Waals surface area contributed by atoms with E-state index in [9.17, 15) is 4.79 Å². The highest BCUT2D eigenvalue weighted by Crippen LogP contribution is 2.47. The number of rotatable bonds is 5. The predicted octanol–water partition coefficient (Wildman–Crippen LogP) is 3.15. The fourth-order valence-corrected chi connectivity index (χ4v) is 3.51. The maximum Gasteiger partial charge on any atom is 0.241 e. The maximum atomic E-state index is 12.6. The van der Waals surface area contributed by atoms with Crippen LogP contribution in [0, 0.1) is 5.41 Å². The van der Waals surface area contributed by atoms with Crippen LogP contribution in [0.5, 0.6) is 0 Å². The van der Waals surface area contributed by atoms with Crippen LogP contribution >= 0.6 is 11.3 Å². The zero-order valence-electron chi connectivity index (χ0n) is 11.7. The number of carbonyl (C=O) groups is 1. The molecule has 2 aliphatic rings. The maximum absolute atomic E-state index is 12.6. The Labute approximate surface area is 119 Å². The first-order valence-electron chi connectivity index (χ1n) is 7.21. The van der Waals surface area contributed by atoms with Crippen molar-refractivity contribution in [3.8, 4) is 0 Å². The summed E-state index contributed by atoms with van der Waals surface area (Å²) in [5.41, 5.74) is 1.60. The smallest absolute Gasteiger partial charge is 0.241 e. The first-order valence-corrected chi connectivity index (χ1v) is 8.16. The average Bonchev–Trinajstić information content (AvgIpc) is 2.80. The van der Waals surface area contributed by atoms with Crippen LogP contribution in [0.15, 0.2) is 16.8 Å². The van der Waals surface area contributed by atoms with E-state index in [0.717, 1.165) is 19.4 Å². The molecule has 1 aromatic rings. The zero-order valence-corrected chi connectivity index (χ0v) is 12.5. The molecule has 0 radical (unpaired) electrons. The summed E-state index contributed by atoms with van der Waals surface area (Å²) in [6, 6.07) is 2.14. The van der Waals surface area contributed by atoms with Gasteiger partial charge in [-0.2, -0.15) is 11.3 Å². The van der Waals surface area contributed by atoms with E-state index in [-0.39, 0.29) is 12.2 Å². The molecule has 104 valence electrons. The summed E-state index contributed by atoms with van der Waals surface area (Å²) in [5.74, 6) is 0.297. The Bertz CT molecular complexity index is 453. The largest absolute Gasteiger partial charge is 0.321 e. The fourth-order valence-electron chi connectivity index (χ4n) is 2.83. The SMILES string of the molecule is CCCC1NC(c2ccsc2)N(CC2(C)CC2)C1=O. The first kappa shape index (κ1) is 13.1. The Morgan fingerprint density at radius 3 is 2.89 bits per heavy atom. The molecular weight excluding hydrogens is 256 g/mol. The Hall–Kier alpha value is -0.870. The highest BCUT2D eigenvalue weighted by molar-refractivity contribution is 7.07. The lowest BCUT2D eigenvalue weighted by molar-refractivity contribution is -0.131. The molecule has 0 spiro atoms. The third-order valence-corrected chi connectivity index (χ3v) is 5.05. The molecule has 1 aliphatic heterocycles. The van der Waals surface area contributed by atoms with Gasteiger partial charge in [0.25, 0.3) is 0 Å². The van der Waals surface area contributed by atoms with Gasteiger partial charge in [-0.1, -0.05) is 20.3 Å². The molecule has 1 saturated carbocycles. The van der Waals surface area contributed by atoms with Crippen LogP contribution < -0.4 is 5.32 Å². The summed E-state index contributed by atoms with van der Waals surface area (Å²) in [6.07, 6.45) is 4.59. The Balaban J connectivity index is 1.81. The van der Waals surface area contributed by atoms with E-state index in [4.69, 9.17) is 0 Å². The summed E-state index contributed by atoms with van der Waals surface area (Å²) in [7, 11) is 0. The quantitative estimate of drug-likeness (QED) is 0.897. The number of carbonyl (C=O) groups excluding carboxylic acids is 1. The summed E-state index contributed by atoms with van der Waals surface area (Å²) >= 11 is 1.70. The Morgan fingerprint density at radius 1 is 1.53 bits per heavy atom. The minimum absolute atomic E-state index is 0.0113. The number of hydrogen-bond acceptors (Lipinski definition) is 3. The number of nitrogens with one attached hydrogen (secondary N) is 1. The van der Waals surface area contributed by atoms with Gasteiger partial charge in [-0.25, -0.2) is 0 Å². The minimum atomic E-state index is 0.0113. The van der Waals surface area contributed by atoms with Crippen LogP contribution in [0.25, 0.3) is 0 Å². The molecule has 0 bridgehead atoms. The molecule has 3 rings (SSSR count). The van der Waals surface area contributed by atoms with Gasteiger partial charge >= 0.3 is 0 Å². The van der Waals surface area contributed by atoms with E-state index in [1.165, 1.54) is 18.4 Å². The summed E-state index contributed by atoms with van der Waals surface area (Å²) in [4.78, 5) is 14.7. The van der Waals surface area contributed by atoms with Crippen molar-refractivity contribution < 1.29 is 4.79 Å². The van der Waals surface area contributed by atoms with Gasteiger partial charge < -0.3 is 4.90 Å². The monoisotopic (exact) mass is 278 g/mol. The van der Waals surface area contributed by atoms with E-state index in [0.29, 0.717) is 11.3 Å². The molecule has 1 aliphatic carbocycles. The molecule has 2 atom stereocenters. The predicted molar refractivity (Wildman–Crippen MR) is 77.9 cm³/mol. The third kappa shape index (κ3) is 2.56. The van der Waals surface area contributed by atoms with Crippen molar-refractivity contribution >= 4 is 17.2 Å².